The number of hydroxylamine groups is 1. The SMILES string of the molecule is O=C(O)c1cn(C=C(NOCCF)c2cccc(OC(F)(F)F)c2)c2ccc(F)cc12. The number of rotatable bonds is 8. The van der Waals surface area contributed by atoms with Crippen LogP contribution in [0.25, 0.3) is 22.8 Å². The lowest BCUT2D eigenvalue weighted by atomic mass is 10.1. The van der Waals surface area contributed by atoms with E-state index in [0.29, 0.717) is 5.52 Å². The summed E-state index contributed by atoms with van der Waals surface area (Å²) in [4.78, 5) is 16.5. The molecule has 6 nitrogen and oxygen atoms in total. The van der Waals surface area contributed by atoms with Crippen LogP contribution < -0.4 is 10.2 Å². The van der Waals surface area contributed by atoms with Crippen molar-refractivity contribution < 1.29 is 41.4 Å². The summed E-state index contributed by atoms with van der Waals surface area (Å²) in [5.41, 5.74) is 2.79. The van der Waals surface area contributed by atoms with Gasteiger partial charge in [-0.15, -0.1) is 13.2 Å². The Labute approximate surface area is 172 Å². The first-order valence-electron chi connectivity index (χ1n) is 8.73. The molecule has 1 aromatic heterocycles. The Morgan fingerprint density at radius 3 is 2.65 bits per heavy atom. The standard InChI is InChI=1S/C20H15F5N2O4/c21-6-7-30-26-17(12-2-1-3-14(8-12)31-20(23,24)25)11-27-10-16(19(28)29)15-9-13(22)4-5-18(15)27/h1-5,8-11,26H,6-7H2,(H,28,29). The van der Waals surface area contributed by atoms with Crippen LogP contribution in [0.1, 0.15) is 15.9 Å². The van der Waals surface area contributed by atoms with Gasteiger partial charge in [0.2, 0.25) is 0 Å². The number of ether oxygens (including phenoxy) is 1. The molecule has 0 amide bonds. The van der Waals surface area contributed by atoms with Crippen LogP contribution in [0.3, 0.4) is 0 Å². The topological polar surface area (TPSA) is 72.7 Å². The number of alkyl halides is 4. The van der Waals surface area contributed by atoms with Gasteiger partial charge in [-0.3, -0.25) is 10.3 Å². The molecule has 11 heteroatoms. The van der Waals surface area contributed by atoms with Crippen LogP contribution in [-0.2, 0) is 4.84 Å². The quantitative estimate of drug-likeness (QED) is 0.297. The average molecular weight is 442 g/mol. The van der Waals surface area contributed by atoms with Gasteiger partial charge >= 0.3 is 12.3 Å². The number of hydrogen-bond acceptors (Lipinski definition) is 4. The van der Waals surface area contributed by atoms with Crippen molar-refractivity contribution in [2.75, 3.05) is 13.3 Å². The first-order chi connectivity index (χ1) is 14.7. The van der Waals surface area contributed by atoms with Crippen LogP contribution in [0, 0.1) is 5.82 Å². The second kappa shape index (κ2) is 9.04. The summed E-state index contributed by atoms with van der Waals surface area (Å²) in [7, 11) is 0. The zero-order chi connectivity index (χ0) is 22.6. The summed E-state index contributed by atoms with van der Waals surface area (Å²) in [5, 5.41) is 9.51. The fraction of sp³-hybridized carbons (Fsp3) is 0.150. The van der Waals surface area contributed by atoms with E-state index in [4.69, 9.17) is 4.84 Å². The Morgan fingerprint density at radius 1 is 1.19 bits per heavy atom. The summed E-state index contributed by atoms with van der Waals surface area (Å²) in [6.07, 6.45) is -2.38. The summed E-state index contributed by atoms with van der Waals surface area (Å²) in [6, 6.07) is 8.41. The highest BCUT2D eigenvalue weighted by Gasteiger charge is 2.31. The van der Waals surface area contributed by atoms with Gasteiger partial charge in [0.1, 0.15) is 24.8 Å². The lowest BCUT2D eigenvalue weighted by molar-refractivity contribution is -0.274. The van der Waals surface area contributed by atoms with Crippen LogP contribution in [0.2, 0.25) is 0 Å². The molecule has 0 fully saturated rings. The summed E-state index contributed by atoms with van der Waals surface area (Å²) in [6.45, 7) is -1.18. The molecule has 0 unspecified atom stereocenters. The van der Waals surface area contributed by atoms with Gasteiger partial charge in [0.25, 0.3) is 0 Å². The van der Waals surface area contributed by atoms with Crippen molar-refractivity contribution in [2.45, 2.75) is 6.36 Å². The second-order valence-corrected chi connectivity index (χ2v) is 6.17. The monoisotopic (exact) mass is 442 g/mol. The van der Waals surface area contributed by atoms with Gasteiger partial charge in [-0.2, -0.15) is 0 Å². The minimum absolute atomic E-state index is 0.0687. The number of carbonyl (C=O) groups is 1. The number of halogens is 5. The molecule has 0 bridgehead atoms. The third-order valence-corrected chi connectivity index (χ3v) is 4.03. The molecule has 31 heavy (non-hydrogen) atoms. The lowest BCUT2D eigenvalue weighted by Gasteiger charge is -2.14. The smallest absolute Gasteiger partial charge is 0.478 e. The highest BCUT2D eigenvalue weighted by Crippen LogP contribution is 2.28. The van der Waals surface area contributed by atoms with Crippen LogP contribution in [-0.4, -0.2) is 35.3 Å². The minimum atomic E-state index is -4.91. The fourth-order valence-electron chi connectivity index (χ4n) is 2.83. The molecule has 0 aliphatic carbocycles. The van der Waals surface area contributed by atoms with E-state index in [9.17, 15) is 31.9 Å². The van der Waals surface area contributed by atoms with Crippen molar-refractivity contribution in [3.05, 3.63) is 65.6 Å². The zero-order valence-electron chi connectivity index (χ0n) is 15.6. The molecule has 164 valence electrons. The van der Waals surface area contributed by atoms with Crippen LogP contribution in [0.4, 0.5) is 22.0 Å². The Hall–Kier alpha value is -3.60. The molecule has 3 aromatic rings. The number of fused-ring (bicyclic) bond motifs is 1. The van der Waals surface area contributed by atoms with Gasteiger partial charge in [-0.25, -0.2) is 13.6 Å². The maximum atomic E-state index is 13.6. The summed E-state index contributed by atoms with van der Waals surface area (Å²) in [5.74, 6) is -2.45. The minimum Gasteiger partial charge on any atom is -0.478 e. The lowest BCUT2D eigenvalue weighted by Crippen LogP contribution is -2.18. The molecule has 3 rings (SSSR count). The van der Waals surface area contributed by atoms with Crippen molar-refractivity contribution in [3.63, 3.8) is 0 Å². The number of carboxylic acids is 1. The van der Waals surface area contributed by atoms with Gasteiger partial charge in [0.05, 0.1) is 16.8 Å². The number of benzene rings is 2. The number of nitrogens with one attached hydrogen (secondary N) is 1. The molecule has 0 aliphatic heterocycles. The second-order valence-electron chi connectivity index (χ2n) is 6.17. The Bertz CT molecular complexity index is 1120. The van der Waals surface area contributed by atoms with Crippen molar-refractivity contribution in [1.82, 2.24) is 10.0 Å². The number of hydrogen-bond donors (Lipinski definition) is 2. The van der Waals surface area contributed by atoms with Crippen LogP contribution >= 0.6 is 0 Å². The van der Waals surface area contributed by atoms with E-state index in [1.807, 2.05) is 0 Å². The van der Waals surface area contributed by atoms with Crippen LogP contribution in [0.15, 0.2) is 48.7 Å². The molecular formula is C20H15F5N2O4. The molecule has 0 radical (unpaired) electrons. The fourth-order valence-corrected chi connectivity index (χ4v) is 2.83. The van der Waals surface area contributed by atoms with E-state index in [1.54, 1.807) is 0 Å². The Balaban J connectivity index is 2.09. The molecule has 0 saturated carbocycles. The van der Waals surface area contributed by atoms with E-state index in [2.05, 4.69) is 10.2 Å². The highest BCUT2D eigenvalue weighted by molar-refractivity contribution is 6.04. The Kier molecular flexibility index (Phi) is 6.44. The van der Waals surface area contributed by atoms with E-state index in [-0.39, 0.29) is 28.8 Å². The maximum absolute atomic E-state index is 13.6. The van der Waals surface area contributed by atoms with Crippen molar-refractivity contribution in [2.24, 2.45) is 0 Å². The summed E-state index contributed by atoms with van der Waals surface area (Å²) >= 11 is 0. The van der Waals surface area contributed by atoms with Gasteiger partial charge < -0.3 is 14.4 Å². The molecule has 0 atom stereocenters. The Morgan fingerprint density at radius 2 is 1.97 bits per heavy atom. The molecule has 0 saturated heterocycles. The third kappa shape index (κ3) is 5.51. The average Bonchev–Trinajstić information content (AvgIpc) is 3.04. The molecule has 2 N–H and O–H groups in total. The van der Waals surface area contributed by atoms with Crippen molar-refractivity contribution in [1.29, 1.82) is 0 Å². The number of aromatic nitrogens is 1. The first kappa shape index (κ1) is 22.1. The van der Waals surface area contributed by atoms with E-state index in [0.717, 1.165) is 24.3 Å². The van der Waals surface area contributed by atoms with E-state index in [1.165, 1.54) is 35.2 Å². The van der Waals surface area contributed by atoms with Crippen molar-refractivity contribution >= 4 is 28.8 Å². The van der Waals surface area contributed by atoms with Gasteiger partial charge in [0, 0.05) is 23.3 Å². The van der Waals surface area contributed by atoms with Gasteiger partial charge in [-0.1, -0.05) is 12.1 Å². The molecule has 0 aliphatic rings. The van der Waals surface area contributed by atoms with E-state index >= 15 is 0 Å². The van der Waals surface area contributed by atoms with E-state index < -0.39 is 30.6 Å². The molecule has 1 heterocycles. The predicted molar refractivity (Wildman–Crippen MR) is 101 cm³/mol. The number of nitrogens with zero attached hydrogens (tertiary/aromatic N) is 1. The highest BCUT2D eigenvalue weighted by atomic mass is 19.4. The van der Waals surface area contributed by atoms with Gasteiger partial charge in [-0.05, 0) is 30.3 Å². The molecule has 0 spiro atoms. The summed E-state index contributed by atoms with van der Waals surface area (Å²) < 4.78 is 68.9. The zero-order valence-corrected chi connectivity index (χ0v) is 15.6. The first-order valence-corrected chi connectivity index (χ1v) is 8.73. The molecular weight excluding hydrogens is 427 g/mol. The predicted octanol–water partition coefficient (Wildman–Crippen LogP) is 4.82. The van der Waals surface area contributed by atoms with Crippen LogP contribution in [0.5, 0.6) is 5.75 Å². The number of aromatic carboxylic acids is 1. The normalized spacial score (nSPS) is 12.2. The van der Waals surface area contributed by atoms with Crippen molar-refractivity contribution in [3.8, 4) is 5.75 Å². The number of carboxylic acid groups (broad SMARTS) is 1. The largest absolute Gasteiger partial charge is 0.573 e. The van der Waals surface area contributed by atoms with Gasteiger partial charge in [0.15, 0.2) is 0 Å². The maximum Gasteiger partial charge on any atom is 0.573 e. The third-order valence-electron chi connectivity index (χ3n) is 4.03. The molecule has 2 aromatic carbocycles.